The molecule has 1 N–H and O–H groups in total. The number of carbonyl (C=O) groups is 1. The van der Waals surface area contributed by atoms with Crippen LogP contribution in [0.25, 0.3) is 0 Å². The second kappa shape index (κ2) is 5.73. The van der Waals surface area contributed by atoms with Gasteiger partial charge in [0.15, 0.2) is 0 Å². The van der Waals surface area contributed by atoms with Crippen molar-refractivity contribution in [3.8, 4) is 0 Å². The van der Waals surface area contributed by atoms with E-state index in [4.69, 9.17) is 9.94 Å². The number of hydrogen-bond donors (Lipinski definition) is 1. The summed E-state index contributed by atoms with van der Waals surface area (Å²) in [4.78, 5) is 15.0. The first-order valence-corrected chi connectivity index (χ1v) is 5.49. The summed E-state index contributed by atoms with van der Waals surface area (Å²) in [6.45, 7) is 4.09. The van der Waals surface area contributed by atoms with Crippen molar-refractivity contribution < 1.29 is 14.7 Å². The Morgan fingerprint density at radius 2 is 2.40 bits per heavy atom. The molecule has 0 aromatic rings. The molecule has 1 unspecified atom stereocenters. The second-order valence-electron chi connectivity index (χ2n) is 4.43. The Bertz CT molecular complexity index is 248. The zero-order chi connectivity index (χ0) is 11.3. The van der Waals surface area contributed by atoms with Crippen molar-refractivity contribution in [1.29, 1.82) is 0 Å². The molecule has 1 aliphatic carbocycles. The lowest BCUT2D eigenvalue weighted by Gasteiger charge is -2.25. The molecule has 0 aromatic carbocycles. The fraction of sp³-hybridized carbons (Fsp3) is 0.818. The highest BCUT2D eigenvalue weighted by molar-refractivity contribution is 5.84. The summed E-state index contributed by atoms with van der Waals surface area (Å²) in [5, 5.41) is 12.3. The Morgan fingerprint density at radius 3 is 3.00 bits per heavy atom. The van der Waals surface area contributed by atoms with Crippen molar-refractivity contribution in [3.05, 3.63) is 0 Å². The number of carboxylic acid groups (broad SMARTS) is 1. The minimum Gasteiger partial charge on any atom is -0.479 e. The highest BCUT2D eigenvalue weighted by atomic mass is 16.6. The van der Waals surface area contributed by atoms with Crippen molar-refractivity contribution in [3.63, 3.8) is 0 Å². The van der Waals surface area contributed by atoms with Gasteiger partial charge in [0.2, 0.25) is 6.61 Å². The van der Waals surface area contributed by atoms with Crippen LogP contribution >= 0.6 is 0 Å². The molecular weight excluding hydrogens is 194 g/mol. The SMILES string of the molecule is CC(C)C1CCCC(=NOCC(=O)O)C1. The summed E-state index contributed by atoms with van der Waals surface area (Å²) >= 11 is 0. The molecule has 0 saturated heterocycles. The van der Waals surface area contributed by atoms with E-state index >= 15 is 0 Å². The third kappa shape index (κ3) is 4.32. The Morgan fingerprint density at radius 1 is 1.67 bits per heavy atom. The van der Waals surface area contributed by atoms with Crippen LogP contribution in [-0.2, 0) is 9.63 Å². The average molecular weight is 213 g/mol. The molecule has 1 saturated carbocycles. The van der Waals surface area contributed by atoms with Crippen molar-refractivity contribution in [1.82, 2.24) is 0 Å². The van der Waals surface area contributed by atoms with Crippen LogP contribution in [0.4, 0.5) is 0 Å². The van der Waals surface area contributed by atoms with Crippen molar-refractivity contribution in [2.24, 2.45) is 17.0 Å². The highest BCUT2D eigenvalue weighted by Gasteiger charge is 2.21. The van der Waals surface area contributed by atoms with Crippen LogP contribution in [0.2, 0.25) is 0 Å². The van der Waals surface area contributed by atoms with Crippen LogP contribution < -0.4 is 0 Å². The van der Waals surface area contributed by atoms with Gasteiger partial charge in [0.05, 0.1) is 5.71 Å². The van der Waals surface area contributed by atoms with Gasteiger partial charge in [0.25, 0.3) is 0 Å². The van der Waals surface area contributed by atoms with Crippen molar-refractivity contribution >= 4 is 11.7 Å². The molecule has 0 bridgehead atoms. The molecular formula is C11H19NO3. The van der Waals surface area contributed by atoms with Gasteiger partial charge in [0.1, 0.15) is 0 Å². The smallest absolute Gasteiger partial charge is 0.344 e. The van der Waals surface area contributed by atoms with E-state index in [-0.39, 0.29) is 6.61 Å². The van der Waals surface area contributed by atoms with E-state index in [2.05, 4.69) is 19.0 Å². The molecule has 0 amide bonds. The zero-order valence-electron chi connectivity index (χ0n) is 9.40. The van der Waals surface area contributed by atoms with Crippen molar-refractivity contribution in [2.75, 3.05) is 6.61 Å². The van der Waals surface area contributed by atoms with Gasteiger partial charge in [-0.3, -0.25) is 0 Å². The summed E-state index contributed by atoms with van der Waals surface area (Å²) in [5.74, 6) is 0.358. The molecule has 1 fully saturated rings. The minimum atomic E-state index is -0.976. The largest absolute Gasteiger partial charge is 0.479 e. The van der Waals surface area contributed by atoms with Crippen LogP contribution in [0.15, 0.2) is 5.16 Å². The molecule has 1 aliphatic rings. The van der Waals surface area contributed by atoms with E-state index in [0.717, 1.165) is 25.0 Å². The Labute approximate surface area is 90.3 Å². The first kappa shape index (κ1) is 12.0. The maximum Gasteiger partial charge on any atom is 0.344 e. The first-order valence-electron chi connectivity index (χ1n) is 5.49. The third-order valence-corrected chi connectivity index (χ3v) is 2.86. The molecule has 1 atom stereocenters. The predicted molar refractivity (Wildman–Crippen MR) is 57.8 cm³/mol. The maximum atomic E-state index is 10.2. The molecule has 1 rings (SSSR count). The predicted octanol–water partition coefficient (Wildman–Crippen LogP) is 2.29. The maximum absolute atomic E-state index is 10.2. The van der Waals surface area contributed by atoms with Gasteiger partial charge >= 0.3 is 5.97 Å². The number of aliphatic carboxylic acids is 1. The van der Waals surface area contributed by atoms with E-state index in [9.17, 15) is 4.79 Å². The normalized spacial score (nSPS) is 24.5. The summed E-state index contributed by atoms with van der Waals surface area (Å²) < 4.78 is 0. The fourth-order valence-electron chi connectivity index (χ4n) is 1.91. The lowest BCUT2D eigenvalue weighted by atomic mass is 9.81. The number of rotatable bonds is 4. The van der Waals surface area contributed by atoms with Gasteiger partial charge in [-0.1, -0.05) is 19.0 Å². The number of oxime groups is 1. The monoisotopic (exact) mass is 213 g/mol. The van der Waals surface area contributed by atoms with Gasteiger partial charge in [-0.05, 0) is 37.5 Å². The van der Waals surface area contributed by atoms with Gasteiger partial charge in [-0.25, -0.2) is 4.79 Å². The molecule has 4 heteroatoms. The fourth-order valence-corrected chi connectivity index (χ4v) is 1.91. The summed E-state index contributed by atoms with van der Waals surface area (Å²) in [6, 6.07) is 0. The standard InChI is InChI=1S/C11H19NO3/c1-8(2)9-4-3-5-10(6-9)12-15-7-11(13)14/h8-9H,3-7H2,1-2H3,(H,13,14). The number of nitrogens with zero attached hydrogens (tertiary/aromatic N) is 1. The summed E-state index contributed by atoms with van der Waals surface area (Å²) in [7, 11) is 0. The average Bonchev–Trinajstić information content (AvgIpc) is 2.17. The lowest BCUT2D eigenvalue weighted by molar-refractivity contribution is -0.142. The van der Waals surface area contributed by atoms with E-state index in [1.54, 1.807) is 0 Å². The third-order valence-electron chi connectivity index (χ3n) is 2.86. The molecule has 0 heterocycles. The second-order valence-corrected chi connectivity index (χ2v) is 4.43. The van der Waals surface area contributed by atoms with Gasteiger partial charge in [0, 0.05) is 0 Å². The Hall–Kier alpha value is -1.06. The molecule has 15 heavy (non-hydrogen) atoms. The summed E-state index contributed by atoms with van der Waals surface area (Å²) in [6.07, 6.45) is 4.29. The molecule has 0 radical (unpaired) electrons. The van der Waals surface area contributed by atoms with Crippen LogP contribution in [0.1, 0.15) is 39.5 Å². The van der Waals surface area contributed by atoms with Crippen molar-refractivity contribution in [2.45, 2.75) is 39.5 Å². The van der Waals surface area contributed by atoms with Gasteiger partial charge < -0.3 is 9.94 Å². The highest BCUT2D eigenvalue weighted by Crippen LogP contribution is 2.28. The quantitative estimate of drug-likeness (QED) is 0.729. The van der Waals surface area contributed by atoms with E-state index < -0.39 is 5.97 Å². The summed E-state index contributed by atoms with van der Waals surface area (Å²) in [5.41, 5.74) is 1.02. The molecule has 0 spiro atoms. The van der Waals surface area contributed by atoms with Gasteiger partial charge in [-0.2, -0.15) is 0 Å². The molecule has 86 valence electrons. The van der Waals surface area contributed by atoms with E-state index in [1.807, 2.05) is 0 Å². The minimum absolute atomic E-state index is 0.337. The first-order chi connectivity index (χ1) is 7.09. The Balaban J connectivity index is 2.38. The van der Waals surface area contributed by atoms with Crippen LogP contribution in [0, 0.1) is 11.8 Å². The number of carboxylic acids is 1. The molecule has 0 aliphatic heterocycles. The zero-order valence-corrected chi connectivity index (χ0v) is 9.40. The number of hydrogen-bond acceptors (Lipinski definition) is 3. The van der Waals surface area contributed by atoms with Crippen LogP contribution in [0.5, 0.6) is 0 Å². The van der Waals surface area contributed by atoms with Crippen LogP contribution in [0.3, 0.4) is 0 Å². The molecule has 0 aromatic heterocycles. The Kier molecular flexibility index (Phi) is 4.59. The molecule has 4 nitrogen and oxygen atoms in total. The topological polar surface area (TPSA) is 58.9 Å². The van der Waals surface area contributed by atoms with E-state index in [0.29, 0.717) is 11.8 Å². The van der Waals surface area contributed by atoms with Crippen LogP contribution in [-0.4, -0.2) is 23.4 Å². The lowest BCUT2D eigenvalue weighted by Crippen LogP contribution is -2.20. The van der Waals surface area contributed by atoms with E-state index in [1.165, 1.54) is 6.42 Å². The van der Waals surface area contributed by atoms with Gasteiger partial charge in [-0.15, -0.1) is 0 Å².